The number of rotatable bonds is 1. The molecule has 0 fully saturated rings. The third kappa shape index (κ3) is 1.37. The maximum atomic E-state index is 3.33. The molecule has 60 valence electrons. The zero-order valence-corrected chi connectivity index (χ0v) is 7.65. The van der Waals surface area contributed by atoms with Crippen LogP contribution in [0.15, 0.2) is 6.08 Å². The maximum Gasteiger partial charge on any atom is 0.0411 e. The van der Waals surface area contributed by atoms with Gasteiger partial charge in [-0.3, -0.25) is 0 Å². The number of hydrogen-bond acceptors (Lipinski definition) is 0. The third-order valence-electron chi connectivity index (χ3n) is 2.18. The summed E-state index contributed by atoms with van der Waals surface area (Å²) in [4.78, 5) is 3.33. The van der Waals surface area contributed by atoms with E-state index in [0.29, 0.717) is 0 Å². The van der Waals surface area contributed by atoms with E-state index in [0.717, 1.165) is 0 Å². The maximum absolute atomic E-state index is 3.33. The summed E-state index contributed by atoms with van der Waals surface area (Å²) in [5.41, 5.74) is 5.25. The van der Waals surface area contributed by atoms with E-state index in [2.05, 4.69) is 37.9 Å². The number of nitrogens with one attached hydrogen (secondary N) is 1. The molecule has 0 spiro atoms. The first-order valence-electron chi connectivity index (χ1n) is 3.95. The topological polar surface area (TPSA) is 15.8 Å². The fraction of sp³-hybridized carbons (Fsp3) is 0.400. The van der Waals surface area contributed by atoms with Gasteiger partial charge in [0.05, 0.1) is 0 Å². The van der Waals surface area contributed by atoms with Crippen molar-refractivity contribution in [3.63, 3.8) is 0 Å². The zero-order chi connectivity index (χ0) is 8.43. The van der Waals surface area contributed by atoms with Crippen molar-refractivity contribution >= 4 is 6.08 Å². The Morgan fingerprint density at radius 1 is 1.09 bits per heavy atom. The first-order chi connectivity index (χ1) is 5.16. The van der Waals surface area contributed by atoms with Crippen LogP contribution in [0.4, 0.5) is 0 Å². The van der Waals surface area contributed by atoms with Gasteiger partial charge in [0, 0.05) is 11.4 Å². The van der Waals surface area contributed by atoms with Crippen LogP contribution in [0.5, 0.6) is 0 Å². The van der Waals surface area contributed by atoms with Crippen molar-refractivity contribution in [2.75, 3.05) is 0 Å². The minimum atomic E-state index is 1.24. The lowest BCUT2D eigenvalue weighted by molar-refractivity contribution is 1.22. The van der Waals surface area contributed by atoms with Crippen molar-refractivity contribution in [3.05, 3.63) is 28.6 Å². The summed E-state index contributed by atoms with van der Waals surface area (Å²) in [6.45, 7) is 8.43. The molecule has 1 rings (SSSR count). The van der Waals surface area contributed by atoms with Gasteiger partial charge in [-0.2, -0.15) is 0 Å². The molecule has 1 heterocycles. The smallest absolute Gasteiger partial charge is 0.0411 e. The van der Waals surface area contributed by atoms with Crippen LogP contribution in [0.25, 0.3) is 6.08 Å². The third-order valence-corrected chi connectivity index (χ3v) is 2.18. The van der Waals surface area contributed by atoms with Crippen LogP contribution in [0.1, 0.15) is 29.4 Å². The highest BCUT2D eigenvalue weighted by molar-refractivity contribution is 5.53. The molecule has 0 unspecified atom stereocenters. The minimum Gasteiger partial charge on any atom is -0.359 e. The number of aryl methyl sites for hydroxylation is 1. The molecule has 1 aromatic rings. The lowest BCUT2D eigenvalue weighted by Gasteiger charge is -1.90. The number of hydrogen-bond donors (Lipinski definition) is 1. The summed E-state index contributed by atoms with van der Waals surface area (Å²) >= 11 is 0. The molecule has 0 saturated heterocycles. The highest BCUT2D eigenvalue weighted by Gasteiger charge is 2.03. The summed E-state index contributed by atoms with van der Waals surface area (Å²) < 4.78 is 0. The second-order valence-corrected chi connectivity index (χ2v) is 2.91. The van der Waals surface area contributed by atoms with Crippen LogP contribution in [0, 0.1) is 20.8 Å². The van der Waals surface area contributed by atoms with Gasteiger partial charge in [-0.1, -0.05) is 6.08 Å². The molecule has 0 saturated carbocycles. The highest BCUT2D eigenvalue weighted by atomic mass is 14.7. The molecular formula is C10H15N. The first-order valence-corrected chi connectivity index (χ1v) is 3.95. The number of allylic oxidation sites excluding steroid dienone is 1. The molecule has 1 nitrogen and oxygen atoms in total. The van der Waals surface area contributed by atoms with E-state index >= 15 is 0 Å². The normalized spacial score (nSPS) is 11.3. The van der Waals surface area contributed by atoms with Gasteiger partial charge in [0.25, 0.3) is 0 Å². The Morgan fingerprint density at radius 2 is 1.73 bits per heavy atom. The molecule has 0 radical (unpaired) electrons. The highest BCUT2D eigenvalue weighted by Crippen LogP contribution is 2.16. The van der Waals surface area contributed by atoms with Crippen molar-refractivity contribution in [1.82, 2.24) is 4.98 Å². The molecule has 1 heteroatoms. The molecule has 0 bridgehead atoms. The average molecular weight is 149 g/mol. The molecule has 0 aliphatic heterocycles. The Hall–Kier alpha value is -0.980. The van der Waals surface area contributed by atoms with E-state index in [9.17, 15) is 0 Å². The van der Waals surface area contributed by atoms with Crippen molar-refractivity contribution in [2.45, 2.75) is 27.7 Å². The van der Waals surface area contributed by atoms with Crippen molar-refractivity contribution < 1.29 is 0 Å². The standard InChI is InChI=1S/C10H15N/c1-5-6-10-8(3)7(2)9(4)11-10/h5-6,11H,1-4H3/b6-5-. The molecule has 0 atom stereocenters. The number of aromatic amines is 1. The number of aromatic nitrogens is 1. The first kappa shape index (κ1) is 8.12. The zero-order valence-electron chi connectivity index (χ0n) is 7.65. The molecular weight excluding hydrogens is 134 g/mol. The molecule has 0 aromatic carbocycles. The summed E-state index contributed by atoms with van der Waals surface area (Å²) in [6, 6.07) is 0. The Balaban J connectivity index is 3.18. The van der Waals surface area contributed by atoms with Crippen molar-refractivity contribution in [2.24, 2.45) is 0 Å². The molecule has 1 aromatic heterocycles. The van der Waals surface area contributed by atoms with Crippen LogP contribution in [-0.4, -0.2) is 4.98 Å². The van der Waals surface area contributed by atoms with Gasteiger partial charge in [0.15, 0.2) is 0 Å². The fourth-order valence-electron chi connectivity index (χ4n) is 1.21. The monoisotopic (exact) mass is 149 g/mol. The van der Waals surface area contributed by atoms with E-state index in [1.54, 1.807) is 0 Å². The fourth-order valence-corrected chi connectivity index (χ4v) is 1.21. The van der Waals surface area contributed by atoms with E-state index in [4.69, 9.17) is 0 Å². The van der Waals surface area contributed by atoms with E-state index in [1.165, 1.54) is 22.5 Å². The van der Waals surface area contributed by atoms with Crippen LogP contribution >= 0.6 is 0 Å². The lowest BCUT2D eigenvalue weighted by Crippen LogP contribution is -1.74. The van der Waals surface area contributed by atoms with Crippen LogP contribution in [0.2, 0.25) is 0 Å². The summed E-state index contributed by atoms with van der Waals surface area (Å²) in [7, 11) is 0. The lowest BCUT2D eigenvalue weighted by atomic mass is 10.1. The minimum absolute atomic E-state index is 1.24. The van der Waals surface area contributed by atoms with Crippen LogP contribution in [0.3, 0.4) is 0 Å². The predicted octanol–water partition coefficient (Wildman–Crippen LogP) is 2.97. The van der Waals surface area contributed by atoms with E-state index < -0.39 is 0 Å². The SMILES string of the molecule is C/C=C\c1[nH]c(C)c(C)c1C. The van der Waals surface area contributed by atoms with Gasteiger partial charge in [-0.25, -0.2) is 0 Å². The second kappa shape index (κ2) is 2.95. The van der Waals surface area contributed by atoms with Crippen LogP contribution in [-0.2, 0) is 0 Å². The van der Waals surface area contributed by atoms with Crippen molar-refractivity contribution in [3.8, 4) is 0 Å². The van der Waals surface area contributed by atoms with Gasteiger partial charge in [-0.05, 0) is 44.9 Å². The molecule has 0 amide bonds. The van der Waals surface area contributed by atoms with Gasteiger partial charge in [0.1, 0.15) is 0 Å². The van der Waals surface area contributed by atoms with Gasteiger partial charge < -0.3 is 4.98 Å². The Bertz CT molecular complexity index is 279. The molecule has 0 aliphatic rings. The summed E-state index contributed by atoms with van der Waals surface area (Å²) in [6.07, 6.45) is 4.16. The Labute approximate surface area is 68.1 Å². The molecule has 0 aliphatic carbocycles. The summed E-state index contributed by atoms with van der Waals surface area (Å²) in [5.74, 6) is 0. The average Bonchev–Trinajstić information content (AvgIpc) is 2.19. The quantitative estimate of drug-likeness (QED) is 0.631. The van der Waals surface area contributed by atoms with Gasteiger partial charge in [-0.15, -0.1) is 0 Å². The van der Waals surface area contributed by atoms with Crippen molar-refractivity contribution in [1.29, 1.82) is 0 Å². The van der Waals surface area contributed by atoms with Gasteiger partial charge in [0.2, 0.25) is 0 Å². The predicted molar refractivity (Wildman–Crippen MR) is 49.7 cm³/mol. The van der Waals surface area contributed by atoms with Gasteiger partial charge >= 0.3 is 0 Å². The number of H-pyrrole nitrogens is 1. The summed E-state index contributed by atoms with van der Waals surface area (Å²) in [5, 5.41) is 0. The Kier molecular flexibility index (Phi) is 2.18. The Morgan fingerprint density at radius 3 is 2.09 bits per heavy atom. The van der Waals surface area contributed by atoms with E-state index in [-0.39, 0.29) is 0 Å². The van der Waals surface area contributed by atoms with Crippen LogP contribution < -0.4 is 0 Å². The largest absolute Gasteiger partial charge is 0.359 e. The molecule has 11 heavy (non-hydrogen) atoms. The molecule has 1 N–H and O–H groups in total. The van der Waals surface area contributed by atoms with E-state index in [1.807, 2.05) is 6.92 Å². The second-order valence-electron chi connectivity index (χ2n) is 2.91.